The van der Waals surface area contributed by atoms with Crippen molar-refractivity contribution in [3.63, 3.8) is 0 Å². The SMILES string of the molecule is IC#CCOCC1COC(c2ccccc2)O1. The molecule has 90 valence electrons. The topological polar surface area (TPSA) is 27.7 Å². The van der Waals surface area contributed by atoms with Crippen LogP contribution in [-0.2, 0) is 14.2 Å². The van der Waals surface area contributed by atoms with E-state index in [2.05, 4.69) is 9.85 Å². The van der Waals surface area contributed by atoms with Crippen molar-refractivity contribution in [2.45, 2.75) is 12.4 Å². The van der Waals surface area contributed by atoms with E-state index < -0.39 is 0 Å². The van der Waals surface area contributed by atoms with Crippen LogP contribution < -0.4 is 0 Å². The van der Waals surface area contributed by atoms with Crippen LogP contribution in [0.1, 0.15) is 11.9 Å². The second kappa shape index (κ2) is 6.97. The largest absolute Gasteiger partial charge is 0.366 e. The third-order valence-corrected chi connectivity index (χ3v) is 2.75. The van der Waals surface area contributed by atoms with E-state index in [0.29, 0.717) is 19.8 Å². The molecule has 1 fully saturated rings. The Bertz CT molecular complexity index is 396. The Kier molecular flexibility index (Phi) is 5.26. The van der Waals surface area contributed by atoms with Crippen molar-refractivity contribution in [1.29, 1.82) is 0 Å². The van der Waals surface area contributed by atoms with Crippen molar-refractivity contribution in [1.82, 2.24) is 0 Å². The van der Waals surface area contributed by atoms with E-state index in [1.54, 1.807) is 0 Å². The lowest BCUT2D eigenvalue weighted by atomic mass is 10.2. The number of ether oxygens (including phenoxy) is 3. The summed E-state index contributed by atoms with van der Waals surface area (Å²) in [6, 6.07) is 9.91. The highest BCUT2D eigenvalue weighted by Crippen LogP contribution is 2.26. The number of hydrogen-bond acceptors (Lipinski definition) is 3. The van der Waals surface area contributed by atoms with Gasteiger partial charge in [-0.2, -0.15) is 0 Å². The number of halogens is 1. The molecule has 1 aliphatic heterocycles. The molecule has 0 spiro atoms. The summed E-state index contributed by atoms with van der Waals surface area (Å²) in [6.45, 7) is 1.53. The molecule has 17 heavy (non-hydrogen) atoms. The molecule has 0 bridgehead atoms. The summed E-state index contributed by atoms with van der Waals surface area (Å²) < 4.78 is 19.4. The maximum atomic E-state index is 5.73. The van der Waals surface area contributed by atoms with Crippen LogP contribution in [0.2, 0.25) is 0 Å². The summed E-state index contributed by atoms with van der Waals surface area (Å²) in [5.74, 6) is 2.83. The van der Waals surface area contributed by atoms with Gasteiger partial charge in [0.2, 0.25) is 0 Å². The Morgan fingerprint density at radius 1 is 1.35 bits per heavy atom. The lowest BCUT2D eigenvalue weighted by Crippen LogP contribution is -2.17. The average molecular weight is 344 g/mol. The van der Waals surface area contributed by atoms with Gasteiger partial charge in [-0.3, -0.25) is 0 Å². The molecular formula is C13H13IO3. The van der Waals surface area contributed by atoms with Crippen molar-refractivity contribution in [2.75, 3.05) is 19.8 Å². The molecule has 2 rings (SSSR count). The minimum Gasteiger partial charge on any atom is -0.366 e. The van der Waals surface area contributed by atoms with Gasteiger partial charge in [0.1, 0.15) is 12.7 Å². The molecular weight excluding hydrogens is 331 g/mol. The zero-order valence-electron chi connectivity index (χ0n) is 9.27. The first-order valence-corrected chi connectivity index (χ1v) is 6.46. The molecule has 4 heteroatoms. The van der Waals surface area contributed by atoms with E-state index in [1.807, 2.05) is 52.9 Å². The Morgan fingerprint density at radius 2 is 2.18 bits per heavy atom. The van der Waals surface area contributed by atoms with Crippen LogP contribution in [0, 0.1) is 9.85 Å². The van der Waals surface area contributed by atoms with Crippen LogP contribution in [0.25, 0.3) is 0 Å². The van der Waals surface area contributed by atoms with Crippen LogP contribution in [0.4, 0.5) is 0 Å². The molecule has 1 aromatic rings. The van der Waals surface area contributed by atoms with Crippen molar-refractivity contribution >= 4 is 22.6 Å². The van der Waals surface area contributed by atoms with Crippen LogP contribution in [0.5, 0.6) is 0 Å². The van der Waals surface area contributed by atoms with Crippen molar-refractivity contribution in [3.8, 4) is 9.85 Å². The van der Waals surface area contributed by atoms with E-state index in [1.165, 1.54) is 0 Å². The van der Waals surface area contributed by atoms with Gasteiger partial charge in [0.25, 0.3) is 0 Å². The van der Waals surface area contributed by atoms with Gasteiger partial charge in [-0.15, -0.1) is 0 Å². The van der Waals surface area contributed by atoms with Crippen LogP contribution in [0.15, 0.2) is 30.3 Å². The highest BCUT2D eigenvalue weighted by molar-refractivity contribution is 14.1. The highest BCUT2D eigenvalue weighted by Gasteiger charge is 2.27. The summed E-state index contributed by atoms with van der Waals surface area (Å²) >= 11 is 1.99. The summed E-state index contributed by atoms with van der Waals surface area (Å²) in [5.41, 5.74) is 1.04. The lowest BCUT2D eigenvalue weighted by molar-refractivity contribution is -0.0720. The van der Waals surface area contributed by atoms with Gasteiger partial charge in [-0.05, 0) is 3.93 Å². The van der Waals surface area contributed by atoms with E-state index >= 15 is 0 Å². The van der Waals surface area contributed by atoms with Gasteiger partial charge >= 0.3 is 0 Å². The Labute approximate surface area is 115 Å². The van der Waals surface area contributed by atoms with Gasteiger partial charge in [0.15, 0.2) is 6.29 Å². The van der Waals surface area contributed by atoms with Gasteiger partial charge in [-0.25, -0.2) is 0 Å². The Balaban J connectivity index is 1.77. The summed E-state index contributed by atoms with van der Waals surface area (Å²) in [4.78, 5) is 0. The van der Waals surface area contributed by atoms with E-state index in [9.17, 15) is 0 Å². The summed E-state index contributed by atoms with van der Waals surface area (Å²) in [7, 11) is 0. The first-order valence-electron chi connectivity index (χ1n) is 5.38. The number of rotatable bonds is 4. The summed E-state index contributed by atoms with van der Waals surface area (Å²) in [6.07, 6.45) is -0.267. The molecule has 0 amide bonds. The predicted molar refractivity (Wildman–Crippen MR) is 72.6 cm³/mol. The fourth-order valence-corrected chi connectivity index (χ4v) is 1.74. The lowest BCUT2D eigenvalue weighted by Gasteiger charge is -2.11. The maximum absolute atomic E-state index is 5.73. The second-order valence-electron chi connectivity index (χ2n) is 3.62. The number of hydrogen-bond donors (Lipinski definition) is 0. The molecule has 0 N–H and O–H groups in total. The molecule has 1 saturated heterocycles. The third kappa shape index (κ3) is 3.96. The molecule has 2 atom stereocenters. The van der Waals surface area contributed by atoms with Crippen molar-refractivity contribution in [3.05, 3.63) is 35.9 Å². The standard InChI is InChI=1S/C13H13IO3/c14-7-4-8-15-9-12-10-16-13(17-12)11-5-2-1-3-6-11/h1-3,5-6,12-13H,8-10H2. The van der Waals surface area contributed by atoms with Crippen LogP contribution in [-0.4, -0.2) is 25.9 Å². The van der Waals surface area contributed by atoms with Crippen molar-refractivity contribution in [2.24, 2.45) is 0 Å². The van der Waals surface area contributed by atoms with Gasteiger partial charge < -0.3 is 14.2 Å². The molecule has 1 aliphatic rings. The predicted octanol–water partition coefficient (Wildman–Crippen LogP) is 2.51. The van der Waals surface area contributed by atoms with Gasteiger partial charge in [-0.1, -0.05) is 36.3 Å². The molecule has 1 aromatic carbocycles. The minimum atomic E-state index is -0.263. The molecule has 0 saturated carbocycles. The molecule has 0 aliphatic carbocycles. The molecule has 2 unspecified atom stereocenters. The monoisotopic (exact) mass is 344 g/mol. The van der Waals surface area contributed by atoms with E-state index in [0.717, 1.165) is 5.56 Å². The Hall–Kier alpha value is -0.610. The average Bonchev–Trinajstić information content (AvgIpc) is 2.85. The van der Waals surface area contributed by atoms with E-state index in [-0.39, 0.29) is 12.4 Å². The molecule has 3 nitrogen and oxygen atoms in total. The second-order valence-corrected chi connectivity index (χ2v) is 4.16. The highest BCUT2D eigenvalue weighted by atomic mass is 127. The first-order chi connectivity index (χ1) is 8.40. The summed E-state index contributed by atoms with van der Waals surface area (Å²) in [5, 5.41) is 0. The fourth-order valence-electron chi connectivity index (χ4n) is 1.59. The van der Waals surface area contributed by atoms with Gasteiger partial charge in [0.05, 0.1) is 13.2 Å². The third-order valence-electron chi connectivity index (χ3n) is 2.37. The molecule has 0 radical (unpaired) electrons. The first kappa shape index (κ1) is 12.8. The van der Waals surface area contributed by atoms with Gasteiger partial charge in [0, 0.05) is 28.2 Å². The zero-order valence-corrected chi connectivity index (χ0v) is 11.4. The molecule has 1 heterocycles. The zero-order chi connectivity index (χ0) is 11.9. The number of benzene rings is 1. The van der Waals surface area contributed by atoms with E-state index in [4.69, 9.17) is 14.2 Å². The maximum Gasteiger partial charge on any atom is 0.184 e. The van der Waals surface area contributed by atoms with Crippen molar-refractivity contribution < 1.29 is 14.2 Å². The minimum absolute atomic E-state index is 0.00350. The fraction of sp³-hybridized carbons (Fsp3) is 0.385. The Morgan fingerprint density at radius 3 is 2.94 bits per heavy atom. The smallest absolute Gasteiger partial charge is 0.184 e. The quantitative estimate of drug-likeness (QED) is 0.477. The normalized spacial score (nSPS) is 23.1. The van der Waals surface area contributed by atoms with Crippen LogP contribution in [0.3, 0.4) is 0 Å². The molecule has 0 aromatic heterocycles. The van der Waals surface area contributed by atoms with Crippen LogP contribution >= 0.6 is 22.6 Å².